The maximum atomic E-state index is 14.0. The van der Waals surface area contributed by atoms with E-state index in [1.165, 1.54) is 20.0 Å². The molecular formula is C23H37FN4O2. The van der Waals surface area contributed by atoms with Gasteiger partial charge in [-0.25, -0.2) is 4.39 Å². The van der Waals surface area contributed by atoms with E-state index in [1.54, 1.807) is 12.1 Å². The normalized spacial score (nSPS) is 19.1. The first kappa shape index (κ1) is 22.8. The molecule has 0 aromatic heterocycles. The fourth-order valence-electron chi connectivity index (χ4n) is 3.95. The fraction of sp³-hybridized carbons (Fsp3) is 0.696. The summed E-state index contributed by atoms with van der Waals surface area (Å²) >= 11 is 0. The summed E-state index contributed by atoms with van der Waals surface area (Å²) in [6.07, 6.45) is 3.63. The fourth-order valence-corrected chi connectivity index (χ4v) is 3.95. The molecule has 168 valence electrons. The van der Waals surface area contributed by atoms with Crippen molar-refractivity contribution in [2.45, 2.75) is 39.7 Å². The summed E-state index contributed by atoms with van der Waals surface area (Å²) in [6.45, 7) is 12.0. The lowest BCUT2D eigenvalue weighted by atomic mass is 10.0. The standard InChI is InChI=1S/C23H37FN4O2/c1-4-25-22(26-18-23(8-9-23)10-15-30-5-2)28-13-11-27(12-14-28)17-19-6-7-21(29-3)20(24)16-19/h6-7,16H,4-5,8-15,17-18H2,1-3H3,(H,25,26). The number of ether oxygens (including phenoxy) is 2. The summed E-state index contributed by atoms with van der Waals surface area (Å²) < 4.78 is 24.5. The molecule has 3 rings (SSSR count). The Morgan fingerprint density at radius 3 is 2.57 bits per heavy atom. The second-order valence-corrected chi connectivity index (χ2v) is 8.35. The molecule has 1 aromatic carbocycles. The zero-order valence-corrected chi connectivity index (χ0v) is 18.8. The van der Waals surface area contributed by atoms with Crippen LogP contribution in [0.4, 0.5) is 4.39 Å². The van der Waals surface area contributed by atoms with Gasteiger partial charge in [0.05, 0.1) is 7.11 Å². The van der Waals surface area contributed by atoms with Crippen LogP contribution in [0.15, 0.2) is 23.2 Å². The highest BCUT2D eigenvalue weighted by Crippen LogP contribution is 2.49. The number of methoxy groups -OCH3 is 1. The van der Waals surface area contributed by atoms with Gasteiger partial charge < -0.3 is 19.7 Å². The highest BCUT2D eigenvalue weighted by Gasteiger charge is 2.42. The summed E-state index contributed by atoms with van der Waals surface area (Å²) in [5.41, 5.74) is 1.34. The van der Waals surface area contributed by atoms with Gasteiger partial charge in [0.15, 0.2) is 17.5 Å². The van der Waals surface area contributed by atoms with Crippen molar-refractivity contribution in [3.63, 3.8) is 0 Å². The third-order valence-electron chi connectivity index (χ3n) is 6.13. The van der Waals surface area contributed by atoms with Crippen LogP contribution < -0.4 is 10.1 Å². The third kappa shape index (κ3) is 6.32. The number of piperazine rings is 1. The van der Waals surface area contributed by atoms with Gasteiger partial charge in [-0.15, -0.1) is 0 Å². The van der Waals surface area contributed by atoms with Crippen LogP contribution in [0.3, 0.4) is 0 Å². The summed E-state index contributed by atoms with van der Waals surface area (Å²) in [5.74, 6) is 1.02. The molecule has 1 saturated heterocycles. The van der Waals surface area contributed by atoms with Crippen LogP contribution in [0.1, 0.15) is 38.7 Å². The molecule has 6 nitrogen and oxygen atoms in total. The first-order valence-electron chi connectivity index (χ1n) is 11.2. The minimum Gasteiger partial charge on any atom is -0.494 e. The molecule has 0 radical (unpaired) electrons. The van der Waals surface area contributed by atoms with Crippen LogP contribution >= 0.6 is 0 Å². The number of rotatable bonds is 10. The number of aliphatic imine (C=N–C) groups is 1. The lowest BCUT2D eigenvalue weighted by Gasteiger charge is -2.36. The van der Waals surface area contributed by atoms with E-state index in [0.717, 1.165) is 77.0 Å². The monoisotopic (exact) mass is 420 g/mol. The van der Waals surface area contributed by atoms with Crippen LogP contribution in [-0.2, 0) is 11.3 Å². The molecule has 30 heavy (non-hydrogen) atoms. The van der Waals surface area contributed by atoms with E-state index < -0.39 is 0 Å². The maximum absolute atomic E-state index is 14.0. The first-order valence-corrected chi connectivity index (χ1v) is 11.2. The lowest BCUT2D eigenvalue weighted by Crippen LogP contribution is -2.52. The largest absolute Gasteiger partial charge is 0.494 e. The van der Waals surface area contributed by atoms with Crippen molar-refractivity contribution in [1.82, 2.24) is 15.1 Å². The highest BCUT2D eigenvalue weighted by atomic mass is 19.1. The molecule has 0 amide bonds. The molecule has 0 unspecified atom stereocenters. The number of halogens is 1. The SMILES string of the molecule is CCNC(=NCC1(CCOCC)CC1)N1CCN(Cc2ccc(OC)c(F)c2)CC1. The molecule has 1 heterocycles. The average Bonchev–Trinajstić information content (AvgIpc) is 3.52. The van der Waals surface area contributed by atoms with E-state index in [0.29, 0.717) is 11.2 Å². The van der Waals surface area contributed by atoms with Crippen molar-refractivity contribution in [2.24, 2.45) is 10.4 Å². The Kier molecular flexibility index (Phi) is 8.33. The third-order valence-corrected chi connectivity index (χ3v) is 6.13. The molecule has 7 heteroatoms. The van der Waals surface area contributed by atoms with E-state index in [9.17, 15) is 4.39 Å². The Morgan fingerprint density at radius 1 is 1.20 bits per heavy atom. The topological polar surface area (TPSA) is 49.3 Å². The van der Waals surface area contributed by atoms with Crippen molar-refractivity contribution < 1.29 is 13.9 Å². The number of benzene rings is 1. The predicted molar refractivity (Wildman–Crippen MR) is 119 cm³/mol. The van der Waals surface area contributed by atoms with Crippen molar-refractivity contribution >= 4 is 5.96 Å². The number of guanidine groups is 1. The first-order chi connectivity index (χ1) is 14.6. The molecule has 0 atom stereocenters. The van der Waals surface area contributed by atoms with E-state index in [2.05, 4.69) is 22.0 Å². The van der Waals surface area contributed by atoms with Crippen molar-refractivity contribution in [2.75, 3.05) is 59.6 Å². The van der Waals surface area contributed by atoms with Crippen LogP contribution in [0, 0.1) is 11.2 Å². The molecule has 2 aliphatic rings. The number of hydrogen-bond acceptors (Lipinski definition) is 4. The minimum absolute atomic E-state index is 0.296. The van der Waals surface area contributed by atoms with Gasteiger partial charge in [0.1, 0.15) is 0 Å². The molecule has 1 aliphatic heterocycles. The minimum atomic E-state index is -0.298. The van der Waals surface area contributed by atoms with Gasteiger partial charge in [-0.1, -0.05) is 6.07 Å². The second kappa shape index (κ2) is 11.0. The number of nitrogens with zero attached hydrogens (tertiary/aromatic N) is 3. The molecule has 0 spiro atoms. The molecule has 1 aliphatic carbocycles. The van der Waals surface area contributed by atoms with Crippen LogP contribution in [0.5, 0.6) is 5.75 Å². The van der Waals surface area contributed by atoms with Crippen molar-refractivity contribution in [3.05, 3.63) is 29.6 Å². The van der Waals surface area contributed by atoms with Gasteiger partial charge in [-0.2, -0.15) is 0 Å². The Labute approximate surface area is 180 Å². The van der Waals surface area contributed by atoms with Crippen LogP contribution in [0.25, 0.3) is 0 Å². The van der Waals surface area contributed by atoms with Crippen LogP contribution in [0.2, 0.25) is 0 Å². The summed E-state index contributed by atoms with van der Waals surface area (Å²) in [5, 5.41) is 3.47. The van der Waals surface area contributed by atoms with E-state index in [4.69, 9.17) is 14.5 Å². The van der Waals surface area contributed by atoms with E-state index in [-0.39, 0.29) is 5.82 Å². The van der Waals surface area contributed by atoms with E-state index >= 15 is 0 Å². The highest BCUT2D eigenvalue weighted by molar-refractivity contribution is 5.80. The van der Waals surface area contributed by atoms with Crippen molar-refractivity contribution in [1.29, 1.82) is 0 Å². The number of hydrogen-bond donors (Lipinski definition) is 1. The average molecular weight is 421 g/mol. The maximum Gasteiger partial charge on any atom is 0.194 e. The molecule has 1 N–H and O–H groups in total. The smallest absolute Gasteiger partial charge is 0.194 e. The molecule has 1 aromatic rings. The number of nitrogens with one attached hydrogen (secondary N) is 1. The Balaban J connectivity index is 1.50. The Bertz CT molecular complexity index is 700. The summed E-state index contributed by atoms with van der Waals surface area (Å²) in [6, 6.07) is 5.22. The molecule has 0 bridgehead atoms. The van der Waals surface area contributed by atoms with Crippen molar-refractivity contribution in [3.8, 4) is 5.75 Å². The van der Waals surface area contributed by atoms with Gasteiger partial charge in [0, 0.05) is 59.0 Å². The molecule has 2 fully saturated rings. The quantitative estimate of drug-likeness (QED) is 0.358. The molecular weight excluding hydrogens is 383 g/mol. The summed E-state index contributed by atoms with van der Waals surface area (Å²) in [4.78, 5) is 9.70. The second-order valence-electron chi connectivity index (χ2n) is 8.35. The lowest BCUT2D eigenvalue weighted by molar-refractivity contribution is 0.129. The summed E-state index contributed by atoms with van der Waals surface area (Å²) in [7, 11) is 1.49. The van der Waals surface area contributed by atoms with Gasteiger partial charge >= 0.3 is 0 Å². The van der Waals surface area contributed by atoms with Gasteiger partial charge in [-0.05, 0) is 56.2 Å². The molecule has 1 saturated carbocycles. The van der Waals surface area contributed by atoms with Gasteiger partial charge in [0.25, 0.3) is 0 Å². The zero-order chi connectivity index (χ0) is 21.4. The Morgan fingerprint density at radius 2 is 1.97 bits per heavy atom. The predicted octanol–water partition coefficient (Wildman–Crippen LogP) is 3.12. The van der Waals surface area contributed by atoms with Gasteiger partial charge in [-0.3, -0.25) is 9.89 Å². The van der Waals surface area contributed by atoms with E-state index in [1.807, 2.05) is 13.0 Å². The van der Waals surface area contributed by atoms with Crippen LogP contribution in [-0.4, -0.2) is 75.4 Å². The zero-order valence-electron chi connectivity index (χ0n) is 18.8. The Hall–Kier alpha value is -1.86. The van der Waals surface area contributed by atoms with Gasteiger partial charge in [0.2, 0.25) is 0 Å².